The predicted molar refractivity (Wildman–Crippen MR) is 139 cm³/mol. The monoisotopic (exact) mass is 526 g/mol. The first-order valence-electron chi connectivity index (χ1n) is 12.5. The SMILES string of the molecule is Cc1ccc(CN(C=O)C2CCC(CN(Cc3c(F)cccc3F)S(=O)(=O)c3ccccc3)CC2)cc1. The molecule has 8 heteroatoms. The molecular formula is C29H32F2N2O3S. The van der Waals surface area contributed by atoms with Crippen LogP contribution < -0.4 is 0 Å². The Hall–Kier alpha value is -3.10. The zero-order valence-electron chi connectivity index (χ0n) is 20.9. The van der Waals surface area contributed by atoms with Crippen LogP contribution in [0.4, 0.5) is 8.78 Å². The highest BCUT2D eigenvalue weighted by Gasteiger charge is 2.32. The molecule has 0 radical (unpaired) electrons. The standard InChI is InChI=1S/C29H32F2N2O3S/c1-22-10-12-23(13-11-22)18-32(21-34)25-16-14-24(15-17-25)19-33(20-27-28(30)8-5-9-29(27)31)37(35,36)26-6-3-2-4-7-26/h2-13,21,24-25H,14-20H2,1H3. The fourth-order valence-electron chi connectivity index (χ4n) is 4.95. The van der Waals surface area contributed by atoms with Crippen LogP contribution in [-0.2, 0) is 27.9 Å². The molecule has 0 aromatic heterocycles. The molecule has 0 aliphatic heterocycles. The second kappa shape index (κ2) is 12.0. The Bertz CT molecular complexity index is 1270. The molecule has 0 saturated heterocycles. The molecule has 0 N–H and O–H groups in total. The van der Waals surface area contributed by atoms with Crippen molar-refractivity contribution in [3.63, 3.8) is 0 Å². The quantitative estimate of drug-likeness (QED) is 0.319. The van der Waals surface area contributed by atoms with Gasteiger partial charge in [0.1, 0.15) is 11.6 Å². The number of nitrogens with zero attached hydrogens (tertiary/aromatic N) is 2. The van der Waals surface area contributed by atoms with Crippen LogP contribution in [0.2, 0.25) is 0 Å². The van der Waals surface area contributed by atoms with E-state index < -0.39 is 21.7 Å². The van der Waals surface area contributed by atoms with Crippen molar-refractivity contribution in [1.82, 2.24) is 9.21 Å². The zero-order chi connectivity index (χ0) is 26.4. The summed E-state index contributed by atoms with van der Waals surface area (Å²) in [5, 5.41) is 0. The van der Waals surface area contributed by atoms with Crippen LogP contribution in [0.25, 0.3) is 0 Å². The van der Waals surface area contributed by atoms with E-state index in [-0.39, 0.29) is 35.5 Å². The van der Waals surface area contributed by atoms with E-state index in [0.29, 0.717) is 19.4 Å². The average molecular weight is 527 g/mol. The number of aryl methyl sites for hydroxylation is 1. The number of hydrogen-bond acceptors (Lipinski definition) is 3. The zero-order valence-corrected chi connectivity index (χ0v) is 21.7. The van der Waals surface area contributed by atoms with Crippen molar-refractivity contribution in [3.8, 4) is 0 Å². The molecule has 5 nitrogen and oxygen atoms in total. The van der Waals surface area contributed by atoms with E-state index in [1.165, 1.54) is 22.5 Å². The summed E-state index contributed by atoms with van der Waals surface area (Å²) < 4.78 is 57.1. The van der Waals surface area contributed by atoms with Crippen molar-refractivity contribution < 1.29 is 22.0 Å². The lowest BCUT2D eigenvalue weighted by atomic mass is 9.85. The Morgan fingerprint density at radius 2 is 1.46 bits per heavy atom. The highest BCUT2D eigenvalue weighted by molar-refractivity contribution is 7.89. The smallest absolute Gasteiger partial charge is 0.243 e. The van der Waals surface area contributed by atoms with Gasteiger partial charge in [-0.2, -0.15) is 4.31 Å². The van der Waals surface area contributed by atoms with Gasteiger partial charge in [-0.25, -0.2) is 17.2 Å². The number of carbonyl (C=O) groups excluding carboxylic acids is 1. The summed E-state index contributed by atoms with van der Waals surface area (Å²) in [6, 6.07) is 19.6. The predicted octanol–water partition coefficient (Wildman–Crippen LogP) is 5.68. The van der Waals surface area contributed by atoms with Gasteiger partial charge in [-0.05, 0) is 68.4 Å². The van der Waals surface area contributed by atoms with Gasteiger partial charge >= 0.3 is 0 Å². The fraction of sp³-hybridized carbons (Fsp3) is 0.345. The van der Waals surface area contributed by atoms with E-state index in [2.05, 4.69) is 0 Å². The first-order valence-corrected chi connectivity index (χ1v) is 14.0. The Morgan fingerprint density at radius 3 is 2.05 bits per heavy atom. The summed E-state index contributed by atoms with van der Waals surface area (Å²) >= 11 is 0. The summed E-state index contributed by atoms with van der Waals surface area (Å²) in [5.41, 5.74) is 1.96. The van der Waals surface area contributed by atoms with E-state index in [1.54, 1.807) is 18.2 Å². The summed E-state index contributed by atoms with van der Waals surface area (Å²) in [7, 11) is -3.98. The highest BCUT2D eigenvalue weighted by atomic mass is 32.2. The maximum Gasteiger partial charge on any atom is 0.243 e. The summed E-state index contributed by atoms with van der Waals surface area (Å²) in [6.45, 7) is 2.31. The van der Waals surface area contributed by atoms with Crippen molar-refractivity contribution in [3.05, 3.63) is 101 Å². The number of carbonyl (C=O) groups is 1. The Morgan fingerprint density at radius 1 is 0.838 bits per heavy atom. The van der Waals surface area contributed by atoms with Gasteiger partial charge in [0.25, 0.3) is 0 Å². The van der Waals surface area contributed by atoms with Gasteiger partial charge in [-0.1, -0.05) is 54.1 Å². The van der Waals surface area contributed by atoms with Crippen LogP contribution in [0.1, 0.15) is 42.4 Å². The first-order chi connectivity index (χ1) is 17.8. The Labute approximate surface area is 217 Å². The third-order valence-corrected chi connectivity index (χ3v) is 8.97. The van der Waals surface area contributed by atoms with Crippen LogP contribution in [-0.4, -0.2) is 36.6 Å². The van der Waals surface area contributed by atoms with E-state index in [0.717, 1.165) is 42.5 Å². The lowest BCUT2D eigenvalue weighted by Crippen LogP contribution is -2.40. The topological polar surface area (TPSA) is 57.7 Å². The molecule has 0 atom stereocenters. The van der Waals surface area contributed by atoms with Crippen molar-refractivity contribution in [2.75, 3.05) is 6.54 Å². The third kappa shape index (κ3) is 6.62. The molecule has 1 fully saturated rings. The first kappa shape index (κ1) is 26.9. The molecule has 0 unspecified atom stereocenters. The van der Waals surface area contributed by atoms with Gasteiger partial charge in [0.15, 0.2) is 0 Å². The van der Waals surface area contributed by atoms with Crippen LogP contribution in [0.15, 0.2) is 77.7 Å². The molecule has 1 aliphatic rings. The molecule has 0 heterocycles. The van der Waals surface area contributed by atoms with Gasteiger partial charge in [0, 0.05) is 31.2 Å². The second-order valence-corrected chi connectivity index (χ2v) is 11.7. The van der Waals surface area contributed by atoms with Crippen molar-refractivity contribution in [1.29, 1.82) is 0 Å². The van der Waals surface area contributed by atoms with Crippen LogP contribution in [0.3, 0.4) is 0 Å². The molecular weight excluding hydrogens is 494 g/mol. The largest absolute Gasteiger partial charge is 0.338 e. The highest BCUT2D eigenvalue weighted by Crippen LogP contribution is 2.31. The summed E-state index contributed by atoms with van der Waals surface area (Å²) in [5.74, 6) is -1.53. The maximum atomic E-state index is 14.5. The average Bonchev–Trinajstić information content (AvgIpc) is 2.91. The lowest BCUT2D eigenvalue weighted by Gasteiger charge is -2.36. The Kier molecular flexibility index (Phi) is 8.71. The molecule has 196 valence electrons. The van der Waals surface area contributed by atoms with Crippen LogP contribution >= 0.6 is 0 Å². The second-order valence-electron chi connectivity index (χ2n) is 9.75. The summed E-state index contributed by atoms with van der Waals surface area (Å²) in [4.78, 5) is 13.8. The van der Waals surface area contributed by atoms with Crippen molar-refractivity contribution >= 4 is 16.4 Å². The molecule has 37 heavy (non-hydrogen) atoms. The Balaban J connectivity index is 1.47. The molecule has 3 aromatic rings. The van der Waals surface area contributed by atoms with Gasteiger partial charge in [-0.15, -0.1) is 0 Å². The van der Waals surface area contributed by atoms with E-state index >= 15 is 0 Å². The van der Waals surface area contributed by atoms with Gasteiger partial charge in [0.2, 0.25) is 16.4 Å². The molecule has 1 aliphatic carbocycles. The number of halogens is 2. The number of benzene rings is 3. The van der Waals surface area contributed by atoms with E-state index in [4.69, 9.17) is 0 Å². The number of sulfonamides is 1. The number of hydrogen-bond donors (Lipinski definition) is 0. The van der Waals surface area contributed by atoms with Gasteiger partial charge in [-0.3, -0.25) is 4.79 Å². The van der Waals surface area contributed by atoms with Crippen molar-refractivity contribution in [2.45, 2.75) is 56.6 Å². The summed E-state index contributed by atoms with van der Waals surface area (Å²) in [6.07, 6.45) is 3.79. The van der Waals surface area contributed by atoms with Gasteiger partial charge in [0.05, 0.1) is 4.90 Å². The number of rotatable bonds is 10. The van der Waals surface area contributed by atoms with E-state index in [9.17, 15) is 22.0 Å². The molecule has 4 rings (SSSR count). The van der Waals surface area contributed by atoms with Crippen LogP contribution in [0, 0.1) is 24.5 Å². The molecule has 3 aromatic carbocycles. The van der Waals surface area contributed by atoms with Crippen molar-refractivity contribution in [2.24, 2.45) is 5.92 Å². The maximum absolute atomic E-state index is 14.5. The molecule has 1 saturated carbocycles. The van der Waals surface area contributed by atoms with Gasteiger partial charge < -0.3 is 4.90 Å². The fourth-order valence-corrected chi connectivity index (χ4v) is 6.46. The number of amides is 1. The minimum absolute atomic E-state index is 0.0115. The normalized spacial score (nSPS) is 18.1. The molecule has 1 amide bonds. The van der Waals surface area contributed by atoms with E-state index in [1.807, 2.05) is 36.1 Å². The third-order valence-electron chi connectivity index (χ3n) is 7.15. The minimum atomic E-state index is -3.98. The lowest BCUT2D eigenvalue weighted by molar-refractivity contribution is -0.121. The molecule has 0 bridgehead atoms. The molecule has 0 spiro atoms. The van der Waals surface area contributed by atoms with Crippen LogP contribution in [0.5, 0.6) is 0 Å². The minimum Gasteiger partial charge on any atom is -0.338 e.